The van der Waals surface area contributed by atoms with Crippen LogP contribution in [0.5, 0.6) is 0 Å². The van der Waals surface area contributed by atoms with Gasteiger partial charge < -0.3 is 5.73 Å². The second kappa shape index (κ2) is 3.88. The quantitative estimate of drug-likeness (QED) is 0.804. The normalized spacial score (nSPS) is 25.6. The Morgan fingerprint density at radius 1 is 1.28 bits per heavy atom. The van der Waals surface area contributed by atoms with Gasteiger partial charge in [0.1, 0.15) is 5.82 Å². The first-order chi connectivity index (χ1) is 8.61. The highest BCUT2D eigenvalue weighted by atomic mass is 19.1. The van der Waals surface area contributed by atoms with Gasteiger partial charge in [0.2, 0.25) is 11.8 Å². The number of nitrogens with zero attached hydrogens (tertiary/aromatic N) is 1. The van der Waals surface area contributed by atoms with Gasteiger partial charge in [0, 0.05) is 12.1 Å². The van der Waals surface area contributed by atoms with Gasteiger partial charge in [0.15, 0.2) is 0 Å². The number of hydrogen-bond donors (Lipinski definition) is 1. The number of hydrogen-bond acceptors (Lipinski definition) is 3. The number of imide groups is 1. The van der Waals surface area contributed by atoms with Crippen LogP contribution in [0, 0.1) is 17.7 Å². The van der Waals surface area contributed by atoms with E-state index in [0.29, 0.717) is 18.5 Å². The smallest absolute Gasteiger partial charge is 0.233 e. The van der Waals surface area contributed by atoms with Crippen LogP contribution in [0.15, 0.2) is 18.2 Å². The van der Waals surface area contributed by atoms with E-state index < -0.39 is 5.82 Å². The molecule has 2 fully saturated rings. The summed E-state index contributed by atoms with van der Waals surface area (Å²) in [6.45, 7) is 0.324. The largest absolute Gasteiger partial charge is 0.326 e. The highest BCUT2D eigenvalue weighted by molar-refractivity contribution is 6.08. The molecule has 1 aromatic carbocycles. The number of fused-ring (bicyclic) bond motifs is 1. The molecule has 2 amide bonds. The molecule has 0 spiro atoms. The van der Waals surface area contributed by atoms with E-state index in [4.69, 9.17) is 5.73 Å². The van der Waals surface area contributed by atoms with Crippen molar-refractivity contribution in [2.75, 3.05) is 0 Å². The Kier molecular flexibility index (Phi) is 2.45. The second-order valence-corrected chi connectivity index (χ2v) is 4.84. The molecule has 2 aliphatic rings. The van der Waals surface area contributed by atoms with E-state index in [0.717, 1.165) is 10.5 Å². The Hall–Kier alpha value is -1.75. The van der Waals surface area contributed by atoms with E-state index >= 15 is 0 Å². The summed E-state index contributed by atoms with van der Waals surface area (Å²) < 4.78 is 13.6. The Morgan fingerprint density at radius 2 is 1.94 bits per heavy atom. The zero-order chi connectivity index (χ0) is 12.9. The molecule has 1 aromatic rings. The molecule has 2 N–H and O–H groups in total. The third kappa shape index (κ3) is 1.62. The standard InChI is InChI=1S/C13H13FN2O2/c14-11-2-1-7(5-15)3-8(11)6-16-12(17)9-4-10(9)13(16)18/h1-3,9-10H,4-6,15H2. The minimum Gasteiger partial charge on any atom is -0.326 e. The van der Waals surface area contributed by atoms with Crippen LogP contribution >= 0.6 is 0 Å². The van der Waals surface area contributed by atoms with Crippen molar-refractivity contribution in [1.82, 2.24) is 4.90 Å². The lowest BCUT2D eigenvalue weighted by molar-refractivity contribution is -0.142. The van der Waals surface area contributed by atoms with Crippen LogP contribution in [0.2, 0.25) is 0 Å². The highest BCUT2D eigenvalue weighted by Crippen LogP contribution is 2.47. The predicted octanol–water partition coefficient (Wildman–Crippen LogP) is 0.789. The van der Waals surface area contributed by atoms with Crippen molar-refractivity contribution >= 4 is 11.8 Å². The summed E-state index contributed by atoms with van der Waals surface area (Å²) in [6, 6.07) is 4.53. The fourth-order valence-electron chi connectivity index (χ4n) is 2.45. The number of amides is 2. The number of carbonyl (C=O) groups is 2. The van der Waals surface area contributed by atoms with Crippen LogP contribution in [-0.4, -0.2) is 16.7 Å². The molecule has 1 saturated carbocycles. The molecular weight excluding hydrogens is 235 g/mol. The van der Waals surface area contributed by atoms with Crippen molar-refractivity contribution in [3.63, 3.8) is 0 Å². The lowest BCUT2D eigenvalue weighted by Crippen LogP contribution is -2.32. The molecule has 0 bridgehead atoms. The van der Waals surface area contributed by atoms with Gasteiger partial charge in [-0.05, 0) is 24.1 Å². The minimum atomic E-state index is -0.409. The number of piperidine rings is 1. The summed E-state index contributed by atoms with van der Waals surface area (Å²) in [5.41, 5.74) is 6.63. The molecule has 2 atom stereocenters. The Morgan fingerprint density at radius 3 is 2.56 bits per heavy atom. The molecule has 1 aliphatic heterocycles. The van der Waals surface area contributed by atoms with Crippen molar-refractivity contribution in [1.29, 1.82) is 0 Å². The molecule has 1 saturated heterocycles. The van der Waals surface area contributed by atoms with Crippen molar-refractivity contribution in [3.8, 4) is 0 Å². The van der Waals surface area contributed by atoms with Gasteiger partial charge in [0.05, 0.1) is 18.4 Å². The third-order valence-corrected chi connectivity index (χ3v) is 3.63. The maximum absolute atomic E-state index is 13.6. The molecule has 1 aliphatic carbocycles. The van der Waals surface area contributed by atoms with Crippen LogP contribution in [0.1, 0.15) is 17.5 Å². The maximum Gasteiger partial charge on any atom is 0.233 e. The fraction of sp³-hybridized carbons (Fsp3) is 0.385. The Bertz CT molecular complexity index is 524. The molecule has 1 heterocycles. The van der Waals surface area contributed by atoms with Gasteiger partial charge in [-0.15, -0.1) is 0 Å². The average Bonchev–Trinajstić information content (AvgIpc) is 3.12. The lowest BCUT2D eigenvalue weighted by Gasteiger charge is -2.17. The minimum absolute atomic E-state index is 0.0182. The van der Waals surface area contributed by atoms with Crippen molar-refractivity contribution < 1.29 is 14.0 Å². The summed E-state index contributed by atoms with van der Waals surface area (Å²) in [5.74, 6) is -1.02. The third-order valence-electron chi connectivity index (χ3n) is 3.63. The van der Waals surface area contributed by atoms with Gasteiger partial charge in [-0.1, -0.05) is 6.07 Å². The summed E-state index contributed by atoms with van der Waals surface area (Å²) in [7, 11) is 0. The maximum atomic E-state index is 13.6. The highest BCUT2D eigenvalue weighted by Gasteiger charge is 2.58. The van der Waals surface area contributed by atoms with Gasteiger partial charge in [-0.25, -0.2) is 4.39 Å². The Balaban J connectivity index is 1.84. The first-order valence-electron chi connectivity index (χ1n) is 5.94. The second-order valence-electron chi connectivity index (χ2n) is 4.84. The molecule has 0 radical (unpaired) electrons. The van der Waals surface area contributed by atoms with E-state index in [1.165, 1.54) is 6.07 Å². The molecule has 94 valence electrons. The van der Waals surface area contributed by atoms with Gasteiger partial charge in [0.25, 0.3) is 0 Å². The molecule has 2 unspecified atom stereocenters. The topological polar surface area (TPSA) is 63.4 Å². The molecule has 4 nitrogen and oxygen atoms in total. The zero-order valence-electron chi connectivity index (χ0n) is 9.73. The summed E-state index contributed by atoms with van der Waals surface area (Å²) >= 11 is 0. The van der Waals surface area contributed by atoms with Crippen LogP contribution in [0.4, 0.5) is 4.39 Å². The van der Waals surface area contributed by atoms with Gasteiger partial charge >= 0.3 is 0 Å². The first-order valence-corrected chi connectivity index (χ1v) is 5.94. The van der Waals surface area contributed by atoms with Crippen LogP contribution in [0.25, 0.3) is 0 Å². The summed E-state index contributed by atoms with van der Waals surface area (Å²) in [4.78, 5) is 24.7. The molecule has 18 heavy (non-hydrogen) atoms. The summed E-state index contributed by atoms with van der Waals surface area (Å²) in [6.07, 6.45) is 0.666. The fourth-order valence-corrected chi connectivity index (χ4v) is 2.45. The van der Waals surface area contributed by atoms with Crippen LogP contribution in [-0.2, 0) is 22.7 Å². The van der Waals surface area contributed by atoms with Crippen molar-refractivity contribution in [3.05, 3.63) is 35.1 Å². The first kappa shape index (κ1) is 11.3. The predicted molar refractivity (Wildman–Crippen MR) is 61.4 cm³/mol. The number of rotatable bonds is 3. The SMILES string of the molecule is NCc1ccc(F)c(CN2C(=O)C3CC3C2=O)c1. The number of halogens is 1. The average molecular weight is 248 g/mol. The van der Waals surface area contributed by atoms with Gasteiger partial charge in [-0.2, -0.15) is 0 Å². The lowest BCUT2D eigenvalue weighted by atomic mass is 10.1. The number of benzene rings is 1. The monoisotopic (exact) mass is 248 g/mol. The van der Waals surface area contributed by atoms with Crippen molar-refractivity contribution in [2.24, 2.45) is 17.6 Å². The molecular formula is C13H13FN2O2. The molecule has 3 rings (SSSR count). The molecule has 0 aromatic heterocycles. The van der Waals surface area contributed by atoms with Crippen LogP contribution < -0.4 is 5.73 Å². The Labute approximate surface area is 104 Å². The number of carbonyl (C=O) groups excluding carboxylic acids is 2. The number of likely N-dealkylation sites (tertiary alicyclic amines) is 1. The van der Waals surface area contributed by atoms with Crippen molar-refractivity contribution in [2.45, 2.75) is 19.5 Å². The van der Waals surface area contributed by atoms with E-state index in [2.05, 4.69) is 0 Å². The van der Waals surface area contributed by atoms with E-state index in [-0.39, 0.29) is 30.2 Å². The zero-order valence-corrected chi connectivity index (χ0v) is 9.73. The van der Waals surface area contributed by atoms with E-state index in [1.807, 2.05) is 0 Å². The van der Waals surface area contributed by atoms with E-state index in [9.17, 15) is 14.0 Å². The summed E-state index contributed by atoms with van der Waals surface area (Å²) in [5, 5.41) is 0. The van der Waals surface area contributed by atoms with Gasteiger partial charge in [-0.3, -0.25) is 14.5 Å². The number of nitrogens with two attached hydrogens (primary N) is 1. The van der Waals surface area contributed by atoms with Crippen LogP contribution in [0.3, 0.4) is 0 Å². The molecule has 5 heteroatoms. The van der Waals surface area contributed by atoms with E-state index in [1.54, 1.807) is 12.1 Å².